The Balaban J connectivity index is 2.08. The van der Waals surface area contributed by atoms with Gasteiger partial charge < -0.3 is 10.2 Å². The fraction of sp³-hybridized carbons (Fsp3) is 0.500. The Hall–Kier alpha value is -1.39. The van der Waals surface area contributed by atoms with Gasteiger partial charge in [-0.1, -0.05) is 30.3 Å². The quantitative estimate of drug-likeness (QED) is 0.842. The van der Waals surface area contributed by atoms with Crippen molar-refractivity contribution in [1.29, 1.82) is 0 Å². The average molecular weight is 249 g/mol. The van der Waals surface area contributed by atoms with Gasteiger partial charge in [0.25, 0.3) is 0 Å². The van der Waals surface area contributed by atoms with E-state index in [1.54, 1.807) is 6.92 Å². The normalized spacial score (nSPS) is 28.4. The van der Waals surface area contributed by atoms with Crippen LogP contribution in [0.4, 0.5) is 0 Å². The monoisotopic (exact) mass is 249 g/mol. The minimum absolute atomic E-state index is 0.0753. The molecule has 4 heteroatoms. The molecule has 1 heterocycles. The number of benzene rings is 1. The number of carboxylic acids is 1. The molecule has 0 saturated carbocycles. The van der Waals surface area contributed by atoms with Crippen molar-refractivity contribution in [3.05, 3.63) is 35.9 Å². The molecular weight excluding hydrogens is 230 g/mol. The highest BCUT2D eigenvalue weighted by Crippen LogP contribution is 2.36. The second kappa shape index (κ2) is 5.08. The second-order valence-electron chi connectivity index (χ2n) is 5.26. The Kier molecular flexibility index (Phi) is 3.68. The van der Waals surface area contributed by atoms with E-state index in [1.165, 1.54) is 5.56 Å². The van der Waals surface area contributed by atoms with Crippen molar-refractivity contribution in [2.24, 2.45) is 11.3 Å². The van der Waals surface area contributed by atoms with E-state index in [0.29, 0.717) is 13.1 Å². The minimum Gasteiger partial charge on any atom is -0.481 e. The maximum atomic E-state index is 11.4. The molecule has 2 N–H and O–H groups in total. The fourth-order valence-electron chi connectivity index (χ4n) is 2.63. The fourth-order valence-corrected chi connectivity index (χ4v) is 2.63. The highest BCUT2D eigenvalue weighted by molar-refractivity contribution is 5.75. The van der Waals surface area contributed by atoms with E-state index in [1.807, 2.05) is 30.3 Å². The number of aliphatic hydroxyl groups excluding tert-OH is 1. The molecule has 18 heavy (non-hydrogen) atoms. The van der Waals surface area contributed by atoms with Crippen LogP contribution in [0.25, 0.3) is 0 Å². The van der Waals surface area contributed by atoms with Crippen molar-refractivity contribution < 1.29 is 15.0 Å². The molecule has 1 aromatic rings. The molecule has 0 unspecified atom stereocenters. The number of likely N-dealkylation sites (tertiary alicyclic amines) is 1. The van der Waals surface area contributed by atoms with Crippen molar-refractivity contribution in [2.45, 2.75) is 13.5 Å². The molecule has 0 spiro atoms. The third-order valence-corrected chi connectivity index (χ3v) is 3.89. The van der Waals surface area contributed by atoms with Crippen molar-refractivity contribution in [3.63, 3.8) is 0 Å². The zero-order chi connectivity index (χ0) is 13.2. The molecule has 2 rings (SSSR count). The van der Waals surface area contributed by atoms with E-state index in [4.69, 9.17) is 0 Å². The Morgan fingerprint density at radius 2 is 2.11 bits per heavy atom. The Labute approximate surface area is 107 Å². The highest BCUT2D eigenvalue weighted by Gasteiger charge is 2.48. The summed E-state index contributed by atoms with van der Waals surface area (Å²) < 4.78 is 0. The summed E-state index contributed by atoms with van der Waals surface area (Å²) in [5, 5.41) is 18.7. The zero-order valence-corrected chi connectivity index (χ0v) is 10.5. The first-order valence-electron chi connectivity index (χ1n) is 6.17. The van der Waals surface area contributed by atoms with Crippen LogP contribution in [0.3, 0.4) is 0 Å². The summed E-state index contributed by atoms with van der Waals surface area (Å²) in [7, 11) is 0. The Bertz CT molecular complexity index is 420. The first-order chi connectivity index (χ1) is 8.56. The van der Waals surface area contributed by atoms with E-state index in [2.05, 4.69) is 4.90 Å². The van der Waals surface area contributed by atoms with Crippen LogP contribution in [-0.2, 0) is 11.3 Å². The number of hydrogen-bond donors (Lipinski definition) is 2. The molecule has 1 saturated heterocycles. The number of aliphatic carboxylic acids is 1. The van der Waals surface area contributed by atoms with Gasteiger partial charge in [0.1, 0.15) is 0 Å². The molecule has 1 aromatic carbocycles. The molecule has 98 valence electrons. The second-order valence-corrected chi connectivity index (χ2v) is 5.26. The van der Waals surface area contributed by atoms with Gasteiger partial charge in [-0.3, -0.25) is 9.69 Å². The Morgan fingerprint density at radius 1 is 1.44 bits per heavy atom. The van der Waals surface area contributed by atoms with Gasteiger partial charge in [0, 0.05) is 32.2 Å². The van der Waals surface area contributed by atoms with Crippen LogP contribution in [-0.4, -0.2) is 40.8 Å². The summed E-state index contributed by atoms with van der Waals surface area (Å²) in [5.74, 6) is -1.02. The maximum Gasteiger partial charge on any atom is 0.311 e. The van der Waals surface area contributed by atoms with Gasteiger partial charge in [-0.05, 0) is 12.5 Å². The number of carbonyl (C=O) groups is 1. The van der Waals surface area contributed by atoms with E-state index in [-0.39, 0.29) is 12.5 Å². The summed E-state index contributed by atoms with van der Waals surface area (Å²) in [6.07, 6.45) is 0. The smallest absolute Gasteiger partial charge is 0.311 e. The van der Waals surface area contributed by atoms with Gasteiger partial charge in [0.15, 0.2) is 0 Å². The van der Waals surface area contributed by atoms with Crippen molar-refractivity contribution in [3.8, 4) is 0 Å². The first kappa shape index (κ1) is 13.1. The minimum atomic E-state index is -0.844. The first-order valence-corrected chi connectivity index (χ1v) is 6.17. The predicted octanol–water partition coefficient (Wildman–Crippen LogP) is 1.20. The predicted molar refractivity (Wildman–Crippen MR) is 68.0 cm³/mol. The van der Waals surface area contributed by atoms with Gasteiger partial charge in [-0.15, -0.1) is 0 Å². The summed E-state index contributed by atoms with van der Waals surface area (Å²) in [6.45, 7) is 3.51. The lowest BCUT2D eigenvalue weighted by Gasteiger charge is -2.24. The molecule has 1 aliphatic rings. The van der Waals surface area contributed by atoms with Crippen LogP contribution in [0.1, 0.15) is 12.5 Å². The Morgan fingerprint density at radius 3 is 2.61 bits per heavy atom. The van der Waals surface area contributed by atoms with E-state index in [9.17, 15) is 15.0 Å². The van der Waals surface area contributed by atoms with Crippen LogP contribution in [0.5, 0.6) is 0 Å². The lowest BCUT2D eigenvalue weighted by atomic mass is 9.80. The average Bonchev–Trinajstić information content (AvgIpc) is 2.68. The molecule has 2 atom stereocenters. The molecular formula is C14H19NO3. The van der Waals surface area contributed by atoms with E-state index >= 15 is 0 Å². The molecule has 0 bridgehead atoms. The largest absolute Gasteiger partial charge is 0.481 e. The molecule has 0 amide bonds. The van der Waals surface area contributed by atoms with Gasteiger partial charge in [-0.25, -0.2) is 0 Å². The third kappa shape index (κ3) is 2.40. The van der Waals surface area contributed by atoms with Crippen LogP contribution in [0.2, 0.25) is 0 Å². The lowest BCUT2D eigenvalue weighted by molar-refractivity contribution is -0.150. The van der Waals surface area contributed by atoms with Crippen LogP contribution < -0.4 is 0 Å². The zero-order valence-electron chi connectivity index (χ0n) is 10.5. The van der Waals surface area contributed by atoms with Crippen LogP contribution in [0, 0.1) is 11.3 Å². The van der Waals surface area contributed by atoms with Gasteiger partial charge >= 0.3 is 5.97 Å². The third-order valence-electron chi connectivity index (χ3n) is 3.89. The number of carboxylic acid groups (broad SMARTS) is 1. The maximum absolute atomic E-state index is 11.4. The molecule has 1 fully saturated rings. The number of hydrogen-bond acceptors (Lipinski definition) is 3. The summed E-state index contributed by atoms with van der Waals surface area (Å²) in [5.41, 5.74) is 0.326. The molecule has 0 radical (unpaired) electrons. The van der Waals surface area contributed by atoms with Crippen LogP contribution in [0.15, 0.2) is 30.3 Å². The summed E-state index contributed by atoms with van der Waals surface area (Å²) in [4.78, 5) is 13.5. The summed E-state index contributed by atoms with van der Waals surface area (Å²) >= 11 is 0. The molecule has 1 aliphatic heterocycles. The summed E-state index contributed by atoms with van der Waals surface area (Å²) in [6, 6.07) is 9.98. The number of aliphatic hydroxyl groups is 1. The van der Waals surface area contributed by atoms with Crippen molar-refractivity contribution in [2.75, 3.05) is 19.7 Å². The van der Waals surface area contributed by atoms with Crippen molar-refractivity contribution >= 4 is 5.97 Å². The molecule has 4 nitrogen and oxygen atoms in total. The SMILES string of the molecule is C[C@@]1(C(=O)O)CN(Cc2ccccc2)C[C@H]1CO. The highest BCUT2D eigenvalue weighted by atomic mass is 16.4. The van der Waals surface area contributed by atoms with Gasteiger partial charge in [0.2, 0.25) is 0 Å². The number of rotatable bonds is 4. The van der Waals surface area contributed by atoms with Gasteiger partial charge in [-0.2, -0.15) is 0 Å². The standard InChI is InChI=1S/C14H19NO3/c1-14(13(17)18)10-15(8-12(14)9-16)7-11-5-3-2-4-6-11/h2-6,12,16H,7-10H2,1H3,(H,17,18)/t12-,14+/m0/s1. The molecule has 0 aliphatic carbocycles. The van der Waals surface area contributed by atoms with E-state index in [0.717, 1.165) is 6.54 Å². The van der Waals surface area contributed by atoms with Crippen LogP contribution >= 0.6 is 0 Å². The van der Waals surface area contributed by atoms with Crippen molar-refractivity contribution in [1.82, 2.24) is 4.90 Å². The topological polar surface area (TPSA) is 60.8 Å². The molecule has 0 aromatic heterocycles. The van der Waals surface area contributed by atoms with E-state index < -0.39 is 11.4 Å². The lowest BCUT2D eigenvalue weighted by Crippen LogP contribution is -2.37. The van der Waals surface area contributed by atoms with Gasteiger partial charge in [0.05, 0.1) is 5.41 Å². The number of nitrogens with zero attached hydrogens (tertiary/aromatic N) is 1.